The van der Waals surface area contributed by atoms with Gasteiger partial charge in [-0.1, -0.05) is 13.0 Å². The number of carbonyl (C=O) groups is 1. The van der Waals surface area contributed by atoms with Crippen molar-refractivity contribution in [2.24, 2.45) is 0 Å². The Labute approximate surface area is 316 Å². The molecule has 3 aliphatic rings. The largest absolute Gasteiger partial charge is 0.497 e. The van der Waals surface area contributed by atoms with Gasteiger partial charge in [0, 0.05) is 94.5 Å². The molecular weight excluding hydrogens is 688 g/mol. The highest BCUT2D eigenvalue weighted by Crippen LogP contribution is 2.39. The Hall–Kier alpha value is -5.08. The zero-order valence-corrected chi connectivity index (χ0v) is 31.8. The van der Waals surface area contributed by atoms with Crippen LogP contribution >= 0.6 is 0 Å². The maximum absolute atomic E-state index is 11.4. The second-order valence-corrected chi connectivity index (χ2v) is 14.1. The fourth-order valence-electron chi connectivity index (χ4n) is 7.85. The number of nitrogens with zero attached hydrogens (tertiary/aromatic N) is 6. The second kappa shape index (κ2) is 16.9. The Morgan fingerprint density at radius 1 is 0.870 bits per heavy atom. The summed E-state index contributed by atoms with van der Waals surface area (Å²) in [6.07, 6.45) is 5.62. The quantitative estimate of drug-likeness (QED) is 0.162. The number of rotatable bonds is 12. The van der Waals surface area contributed by atoms with Gasteiger partial charge in [-0.05, 0) is 61.9 Å². The predicted molar refractivity (Wildman–Crippen MR) is 209 cm³/mol. The molecule has 7 rings (SSSR count). The summed E-state index contributed by atoms with van der Waals surface area (Å²) in [5, 5.41) is 16.6. The number of anilines is 3. The van der Waals surface area contributed by atoms with E-state index < -0.39 is 6.09 Å². The highest BCUT2D eigenvalue weighted by molar-refractivity contribution is 5.98. The van der Waals surface area contributed by atoms with Gasteiger partial charge in [-0.2, -0.15) is 0 Å². The van der Waals surface area contributed by atoms with Crippen LogP contribution in [-0.4, -0.2) is 122 Å². The number of amides is 1. The van der Waals surface area contributed by atoms with Crippen LogP contribution in [0.5, 0.6) is 17.2 Å². The molecule has 3 N–H and O–H groups in total. The van der Waals surface area contributed by atoms with Crippen LogP contribution in [0.4, 0.5) is 22.1 Å². The average Bonchev–Trinajstić information content (AvgIpc) is 3.22. The summed E-state index contributed by atoms with van der Waals surface area (Å²) in [4.78, 5) is 33.2. The number of benzene rings is 2. The lowest BCUT2D eigenvalue weighted by Gasteiger charge is -2.42. The number of hydrogen-bond donors (Lipinski definition) is 3. The van der Waals surface area contributed by atoms with Gasteiger partial charge in [0.15, 0.2) is 5.82 Å². The number of aryl methyl sites for hydroxylation is 1. The fourth-order valence-corrected chi connectivity index (χ4v) is 7.85. The van der Waals surface area contributed by atoms with Gasteiger partial charge in [0.25, 0.3) is 0 Å². The average molecular weight is 741 g/mol. The van der Waals surface area contributed by atoms with Crippen molar-refractivity contribution in [1.29, 1.82) is 0 Å². The number of piperidine rings is 1. The van der Waals surface area contributed by atoms with Gasteiger partial charge in [0.2, 0.25) is 0 Å². The minimum Gasteiger partial charge on any atom is -0.497 e. The SMILES string of the molecule is CCc1nc2c(NCc3ccc(OC)cc3OC)ncc(-c3ccc(N4CCC(N5CCN(C(=O)O)CC5)CC4)c(OC)c3)c2nc1NC1CCOCC1. The third kappa shape index (κ3) is 8.04. The number of aromatic nitrogens is 3. The molecule has 0 spiro atoms. The van der Waals surface area contributed by atoms with E-state index in [4.69, 9.17) is 33.9 Å². The molecule has 2 aromatic heterocycles. The maximum atomic E-state index is 11.4. The molecule has 0 atom stereocenters. The molecule has 54 heavy (non-hydrogen) atoms. The lowest BCUT2D eigenvalue weighted by atomic mass is 10.00. The van der Waals surface area contributed by atoms with Crippen LogP contribution in [0.2, 0.25) is 0 Å². The lowest BCUT2D eigenvalue weighted by Crippen LogP contribution is -2.54. The predicted octanol–water partition coefficient (Wildman–Crippen LogP) is 5.75. The molecule has 0 saturated carbocycles. The molecule has 0 aliphatic carbocycles. The molecule has 0 unspecified atom stereocenters. The van der Waals surface area contributed by atoms with Crippen LogP contribution in [0.1, 0.15) is 43.9 Å². The maximum Gasteiger partial charge on any atom is 0.407 e. The van der Waals surface area contributed by atoms with E-state index >= 15 is 0 Å². The van der Waals surface area contributed by atoms with Gasteiger partial charge >= 0.3 is 6.09 Å². The van der Waals surface area contributed by atoms with Crippen molar-refractivity contribution in [1.82, 2.24) is 24.8 Å². The van der Waals surface area contributed by atoms with Crippen LogP contribution in [0.3, 0.4) is 0 Å². The van der Waals surface area contributed by atoms with Crippen LogP contribution in [0, 0.1) is 0 Å². The number of pyridine rings is 1. The van der Waals surface area contributed by atoms with E-state index in [2.05, 4.69) is 45.6 Å². The topological polar surface area (TPSA) is 147 Å². The standard InChI is InChI=1S/C40H52N8O6/c1-5-32-38(43-28-12-20-54-21-13-28)45-36-31(25-42-39(37(36)44-32)41-24-27-6-8-30(51-2)23-34(27)52-3)26-7-9-33(35(22-26)53-4)47-14-10-29(11-15-47)46-16-18-48(19-17-46)40(49)50/h6-9,22-23,25,28-29H,5,10-21,24H2,1-4H3,(H,41,42)(H,43,45)(H,49,50). The minimum atomic E-state index is -0.827. The van der Waals surface area contributed by atoms with E-state index in [0.29, 0.717) is 43.4 Å². The van der Waals surface area contributed by atoms with Crippen LogP contribution < -0.4 is 29.7 Å². The van der Waals surface area contributed by atoms with Crippen molar-refractivity contribution in [2.75, 3.05) is 89.3 Å². The van der Waals surface area contributed by atoms with Gasteiger partial charge in [-0.15, -0.1) is 0 Å². The smallest absolute Gasteiger partial charge is 0.407 e. The van der Waals surface area contributed by atoms with E-state index in [1.165, 1.54) is 4.90 Å². The highest BCUT2D eigenvalue weighted by Gasteiger charge is 2.30. The lowest BCUT2D eigenvalue weighted by molar-refractivity contribution is 0.0775. The number of carboxylic acid groups (broad SMARTS) is 1. The molecule has 3 fully saturated rings. The molecule has 3 saturated heterocycles. The Balaban J connectivity index is 1.17. The summed E-state index contributed by atoms with van der Waals surface area (Å²) < 4.78 is 22.7. The molecule has 288 valence electrons. The molecule has 14 heteroatoms. The van der Waals surface area contributed by atoms with Gasteiger partial charge in [0.1, 0.15) is 34.1 Å². The molecule has 5 heterocycles. The zero-order valence-electron chi connectivity index (χ0n) is 31.8. The first-order chi connectivity index (χ1) is 26.4. The van der Waals surface area contributed by atoms with Crippen LogP contribution in [0.25, 0.3) is 22.2 Å². The number of fused-ring (bicyclic) bond motifs is 1. The van der Waals surface area contributed by atoms with E-state index in [-0.39, 0.29) is 6.04 Å². The third-order valence-electron chi connectivity index (χ3n) is 11.0. The zero-order chi connectivity index (χ0) is 37.6. The number of methoxy groups -OCH3 is 3. The minimum absolute atomic E-state index is 0.263. The molecule has 14 nitrogen and oxygen atoms in total. The van der Waals surface area contributed by atoms with E-state index in [1.54, 1.807) is 21.3 Å². The molecule has 4 aromatic rings. The number of nitrogens with one attached hydrogen (secondary N) is 2. The summed E-state index contributed by atoms with van der Waals surface area (Å²) in [7, 11) is 5.01. The van der Waals surface area contributed by atoms with Gasteiger partial charge in [-0.25, -0.2) is 19.7 Å². The van der Waals surface area contributed by atoms with Gasteiger partial charge < -0.3 is 44.5 Å². The van der Waals surface area contributed by atoms with Crippen molar-refractivity contribution in [3.63, 3.8) is 0 Å². The monoisotopic (exact) mass is 740 g/mol. The number of ether oxygens (including phenoxy) is 4. The first-order valence-electron chi connectivity index (χ1n) is 19.0. The van der Waals surface area contributed by atoms with E-state index in [1.807, 2.05) is 24.4 Å². The van der Waals surface area contributed by atoms with Crippen molar-refractivity contribution >= 4 is 34.4 Å². The second-order valence-electron chi connectivity index (χ2n) is 14.1. The Bertz CT molecular complexity index is 1920. The Kier molecular flexibility index (Phi) is 11.7. The molecule has 1 amide bonds. The van der Waals surface area contributed by atoms with E-state index in [0.717, 1.165) is 122 Å². The number of hydrogen-bond acceptors (Lipinski definition) is 12. The van der Waals surface area contributed by atoms with Crippen molar-refractivity contribution < 1.29 is 28.8 Å². The first kappa shape index (κ1) is 37.2. The van der Waals surface area contributed by atoms with Crippen molar-refractivity contribution in [2.45, 2.75) is 57.7 Å². The van der Waals surface area contributed by atoms with Crippen LogP contribution in [-0.2, 0) is 17.7 Å². The van der Waals surface area contributed by atoms with E-state index in [9.17, 15) is 9.90 Å². The third-order valence-corrected chi connectivity index (χ3v) is 11.0. The van der Waals surface area contributed by atoms with Gasteiger partial charge in [-0.3, -0.25) is 4.90 Å². The summed E-state index contributed by atoms with van der Waals surface area (Å²) in [6.45, 7) is 8.54. The summed E-state index contributed by atoms with van der Waals surface area (Å²) in [5.41, 5.74) is 6.16. The molecular formula is C40H52N8O6. The molecule has 0 radical (unpaired) electrons. The Morgan fingerprint density at radius 3 is 2.31 bits per heavy atom. The van der Waals surface area contributed by atoms with Gasteiger partial charge in [0.05, 0.1) is 32.7 Å². The molecule has 3 aliphatic heterocycles. The summed E-state index contributed by atoms with van der Waals surface area (Å²) >= 11 is 0. The van der Waals surface area contributed by atoms with Crippen molar-refractivity contribution in [3.8, 4) is 28.4 Å². The highest BCUT2D eigenvalue weighted by atomic mass is 16.5. The fraction of sp³-hybridized carbons (Fsp3) is 0.500. The van der Waals surface area contributed by atoms with Crippen molar-refractivity contribution in [3.05, 3.63) is 53.9 Å². The Morgan fingerprint density at radius 2 is 1.63 bits per heavy atom. The molecule has 2 aromatic carbocycles. The summed E-state index contributed by atoms with van der Waals surface area (Å²) in [5.74, 6) is 3.68. The normalized spacial score (nSPS) is 17.4. The summed E-state index contributed by atoms with van der Waals surface area (Å²) in [6, 6.07) is 12.8. The first-order valence-corrected chi connectivity index (χ1v) is 19.0. The van der Waals surface area contributed by atoms with Crippen LogP contribution in [0.15, 0.2) is 42.6 Å². The number of piperazine rings is 1. The molecule has 0 bridgehead atoms.